The lowest BCUT2D eigenvalue weighted by Crippen LogP contribution is -2.21. The summed E-state index contributed by atoms with van der Waals surface area (Å²) in [6.07, 6.45) is 0. The van der Waals surface area contributed by atoms with Crippen LogP contribution in [0.2, 0.25) is 0 Å². The van der Waals surface area contributed by atoms with Crippen LogP contribution in [0.25, 0.3) is 11.0 Å². The van der Waals surface area contributed by atoms with Gasteiger partial charge in [-0.1, -0.05) is 0 Å². The quantitative estimate of drug-likeness (QED) is 0.747. The summed E-state index contributed by atoms with van der Waals surface area (Å²) in [6, 6.07) is 5.38. The van der Waals surface area contributed by atoms with Gasteiger partial charge < -0.3 is 20.0 Å². The van der Waals surface area contributed by atoms with E-state index in [4.69, 9.17) is 10.2 Å². The normalized spacial score (nSPS) is 12.6. The fraction of sp³-hybridized carbons (Fsp3) is 0.182. The van der Waals surface area contributed by atoms with E-state index in [1.165, 1.54) is 19.2 Å². The molecule has 0 aliphatic heterocycles. The first-order valence-electron chi connectivity index (χ1n) is 4.67. The zero-order valence-corrected chi connectivity index (χ0v) is 8.64. The maximum atomic E-state index is 11.2. The second-order valence-corrected chi connectivity index (χ2v) is 3.37. The maximum Gasteiger partial charge on any atom is 0.330 e. The van der Waals surface area contributed by atoms with Crippen LogP contribution in [0.3, 0.4) is 0 Å². The molecule has 3 N–H and O–H groups in total. The van der Waals surface area contributed by atoms with Gasteiger partial charge >= 0.3 is 5.97 Å². The highest BCUT2D eigenvalue weighted by molar-refractivity contribution is 5.82. The molecule has 0 fully saturated rings. The minimum atomic E-state index is -0.945. The Morgan fingerprint density at radius 2 is 2.25 bits per heavy atom. The Kier molecular flexibility index (Phi) is 2.54. The second-order valence-electron chi connectivity index (χ2n) is 3.37. The number of aromatic hydroxyl groups is 1. The molecule has 0 spiro atoms. The number of phenolic OH excluding ortho intramolecular Hbond substituents is 1. The van der Waals surface area contributed by atoms with Crippen molar-refractivity contribution in [2.24, 2.45) is 5.73 Å². The molecule has 16 heavy (non-hydrogen) atoms. The zero-order chi connectivity index (χ0) is 11.7. The summed E-state index contributed by atoms with van der Waals surface area (Å²) in [4.78, 5) is 11.2. The summed E-state index contributed by atoms with van der Waals surface area (Å²) in [6.45, 7) is 0. The van der Waals surface area contributed by atoms with E-state index in [2.05, 4.69) is 4.74 Å². The van der Waals surface area contributed by atoms with E-state index in [-0.39, 0.29) is 5.75 Å². The lowest BCUT2D eigenvalue weighted by atomic mass is 10.2. The maximum absolute atomic E-state index is 11.2. The monoisotopic (exact) mass is 221 g/mol. The molecule has 0 aliphatic rings. The van der Waals surface area contributed by atoms with Crippen molar-refractivity contribution in [1.29, 1.82) is 0 Å². The molecular weight excluding hydrogens is 210 g/mol. The number of furan rings is 1. The van der Waals surface area contributed by atoms with Crippen LogP contribution in [0.15, 0.2) is 28.7 Å². The van der Waals surface area contributed by atoms with Gasteiger partial charge in [-0.15, -0.1) is 0 Å². The molecule has 0 radical (unpaired) electrons. The number of fused-ring (bicyclic) bond motifs is 1. The highest BCUT2D eigenvalue weighted by atomic mass is 16.5. The Morgan fingerprint density at radius 1 is 1.50 bits per heavy atom. The van der Waals surface area contributed by atoms with Gasteiger partial charge in [-0.2, -0.15) is 0 Å². The predicted octanol–water partition coefficient (Wildman–Crippen LogP) is 1.31. The molecule has 2 aromatic rings. The van der Waals surface area contributed by atoms with Crippen molar-refractivity contribution in [3.05, 3.63) is 30.0 Å². The standard InChI is InChI=1S/C11H11NO4/c1-15-11(14)10(12)9-4-6-2-3-7(13)5-8(6)16-9/h2-5,10,13H,12H2,1H3. The third kappa shape index (κ3) is 1.72. The lowest BCUT2D eigenvalue weighted by Gasteiger charge is -2.04. The first-order chi connectivity index (χ1) is 7.61. The van der Waals surface area contributed by atoms with Crippen LogP contribution in [0, 0.1) is 0 Å². The van der Waals surface area contributed by atoms with E-state index in [0.717, 1.165) is 5.39 Å². The number of esters is 1. The minimum absolute atomic E-state index is 0.0973. The van der Waals surface area contributed by atoms with Gasteiger partial charge in [0.1, 0.15) is 17.1 Å². The van der Waals surface area contributed by atoms with Crippen LogP contribution < -0.4 is 5.73 Å². The number of benzene rings is 1. The largest absolute Gasteiger partial charge is 0.508 e. The number of phenols is 1. The molecule has 1 aromatic heterocycles. The summed E-state index contributed by atoms with van der Waals surface area (Å²) in [7, 11) is 1.26. The molecule has 1 aromatic carbocycles. The third-order valence-corrected chi connectivity index (χ3v) is 2.28. The van der Waals surface area contributed by atoms with Gasteiger partial charge in [0, 0.05) is 11.5 Å². The molecule has 2 rings (SSSR count). The summed E-state index contributed by atoms with van der Waals surface area (Å²) in [5.74, 6) is -0.157. The predicted molar refractivity (Wildman–Crippen MR) is 56.8 cm³/mol. The van der Waals surface area contributed by atoms with Crippen molar-refractivity contribution in [3.8, 4) is 5.75 Å². The molecule has 5 nitrogen and oxygen atoms in total. The average Bonchev–Trinajstić information content (AvgIpc) is 2.69. The van der Waals surface area contributed by atoms with Crippen LogP contribution >= 0.6 is 0 Å². The van der Waals surface area contributed by atoms with Gasteiger partial charge in [-0.25, -0.2) is 4.79 Å². The fourth-order valence-electron chi connectivity index (χ4n) is 1.44. The number of ether oxygens (including phenoxy) is 1. The molecule has 0 saturated carbocycles. The van der Waals surface area contributed by atoms with E-state index < -0.39 is 12.0 Å². The number of hydrogen-bond acceptors (Lipinski definition) is 5. The molecule has 1 unspecified atom stereocenters. The molecular formula is C11H11NO4. The Balaban J connectivity index is 2.43. The Labute approximate surface area is 91.4 Å². The van der Waals surface area contributed by atoms with Crippen molar-refractivity contribution in [2.75, 3.05) is 7.11 Å². The van der Waals surface area contributed by atoms with Crippen LogP contribution in [0.5, 0.6) is 5.75 Å². The van der Waals surface area contributed by atoms with Crippen molar-refractivity contribution in [1.82, 2.24) is 0 Å². The highest BCUT2D eigenvalue weighted by Gasteiger charge is 2.20. The molecule has 0 saturated heterocycles. The van der Waals surface area contributed by atoms with Crippen molar-refractivity contribution in [3.63, 3.8) is 0 Å². The highest BCUT2D eigenvalue weighted by Crippen LogP contribution is 2.26. The summed E-state index contributed by atoms with van der Waals surface area (Å²) < 4.78 is 9.86. The molecule has 1 atom stereocenters. The van der Waals surface area contributed by atoms with E-state index >= 15 is 0 Å². The smallest absolute Gasteiger partial charge is 0.330 e. The topological polar surface area (TPSA) is 85.7 Å². The van der Waals surface area contributed by atoms with Crippen molar-refractivity contribution >= 4 is 16.9 Å². The molecule has 1 heterocycles. The number of hydrogen-bond donors (Lipinski definition) is 2. The summed E-state index contributed by atoms with van der Waals surface area (Å²) >= 11 is 0. The number of rotatable bonds is 2. The SMILES string of the molecule is COC(=O)C(N)c1cc2ccc(O)cc2o1. The Morgan fingerprint density at radius 3 is 2.94 bits per heavy atom. The van der Waals surface area contributed by atoms with E-state index in [1.807, 2.05) is 0 Å². The van der Waals surface area contributed by atoms with Gasteiger partial charge in [0.05, 0.1) is 7.11 Å². The summed E-state index contributed by atoms with van der Waals surface area (Å²) in [5, 5.41) is 10.0. The van der Waals surface area contributed by atoms with Crippen LogP contribution in [-0.4, -0.2) is 18.2 Å². The van der Waals surface area contributed by atoms with Crippen LogP contribution in [0.4, 0.5) is 0 Å². The molecule has 0 aliphatic carbocycles. The van der Waals surface area contributed by atoms with E-state index in [0.29, 0.717) is 11.3 Å². The van der Waals surface area contributed by atoms with Crippen LogP contribution in [-0.2, 0) is 9.53 Å². The lowest BCUT2D eigenvalue weighted by molar-refractivity contribution is -0.142. The number of nitrogens with two attached hydrogens (primary N) is 1. The van der Waals surface area contributed by atoms with E-state index in [9.17, 15) is 9.90 Å². The summed E-state index contributed by atoms with van der Waals surface area (Å²) in [5.41, 5.74) is 6.10. The first-order valence-corrected chi connectivity index (χ1v) is 4.67. The molecule has 84 valence electrons. The van der Waals surface area contributed by atoms with Gasteiger partial charge in [0.15, 0.2) is 6.04 Å². The Bertz CT molecular complexity index is 532. The molecule has 0 bridgehead atoms. The van der Waals surface area contributed by atoms with Crippen molar-refractivity contribution < 1.29 is 19.1 Å². The molecule has 5 heteroatoms. The minimum Gasteiger partial charge on any atom is -0.508 e. The van der Waals surface area contributed by atoms with Gasteiger partial charge in [0.2, 0.25) is 0 Å². The number of carbonyl (C=O) groups excluding carboxylic acids is 1. The van der Waals surface area contributed by atoms with Crippen LogP contribution in [0.1, 0.15) is 11.8 Å². The van der Waals surface area contributed by atoms with Crippen molar-refractivity contribution in [2.45, 2.75) is 6.04 Å². The average molecular weight is 221 g/mol. The number of methoxy groups -OCH3 is 1. The van der Waals surface area contributed by atoms with Gasteiger partial charge in [0.25, 0.3) is 0 Å². The number of carbonyl (C=O) groups is 1. The second kappa shape index (κ2) is 3.86. The zero-order valence-electron chi connectivity index (χ0n) is 8.64. The third-order valence-electron chi connectivity index (χ3n) is 2.28. The van der Waals surface area contributed by atoms with Gasteiger partial charge in [-0.05, 0) is 18.2 Å². The fourth-order valence-corrected chi connectivity index (χ4v) is 1.44. The van der Waals surface area contributed by atoms with Gasteiger partial charge in [-0.3, -0.25) is 0 Å². The Hall–Kier alpha value is -2.01. The first kappa shape index (κ1) is 10.5. The molecule has 0 amide bonds. The van der Waals surface area contributed by atoms with E-state index in [1.54, 1.807) is 12.1 Å².